The second-order valence-electron chi connectivity index (χ2n) is 5.18. The minimum absolute atomic E-state index is 0.656. The van der Waals surface area contributed by atoms with Gasteiger partial charge in [0.1, 0.15) is 0 Å². The van der Waals surface area contributed by atoms with Crippen LogP contribution in [0.15, 0.2) is 0 Å². The first kappa shape index (κ1) is 13.0. The molecule has 0 atom stereocenters. The molecule has 1 aliphatic carbocycles. The first-order valence-electron chi connectivity index (χ1n) is 6.57. The van der Waals surface area contributed by atoms with Crippen molar-refractivity contribution in [1.82, 2.24) is 5.32 Å². The molecule has 0 spiro atoms. The molecule has 0 aromatic carbocycles. The first-order chi connectivity index (χ1) is 7.29. The standard InChI is InChI=1S/C13H27NO/c1-12(2)11-15-9-8-14-10-13-6-4-3-5-7-13/h12-14H,3-11H2,1-2H3. The van der Waals surface area contributed by atoms with E-state index in [4.69, 9.17) is 4.74 Å². The Morgan fingerprint density at radius 1 is 1.20 bits per heavy atom. The molecule has 90 valence electrons. The zero-order valence-corrected chi connectivity index (χ0v) is 10.4. The number of rotatable bonds is 7. The Balaban J connectivity index is 1.83. The van der Waals surface area contributed by atoms with Crippen molar-refractivity contribution in [3.63, 3.8) is 0 Å². The third-order valence-corrected chi connectivity index (χ3v) is 3.03. The summed E-state index contributed by atoms with van der Waals surface area (Å²) in [4.78, 5) is 0. The summed E-state index contributed by atoms with van der Waals surface area (Å²) >= 11 is 0. The molecule has 1 aliphatic rings. The normalized spacial score (nSPS) is 18.6. The fourth-order valence-electron chi connectivity index (χ4n) is 2.16. The van der Waals surface area contributed by atoms with Gasteiger partial charge in [0.2, 0.25) is 0 Å². The summed E-state index contributed by atoms with van der Waals surface area (Å²) in [6.45, 7) is 8.36. The highest BCUT2D eigenvalue weighted by molar-refractivity contribution is 4.67. The summed E-state index contributed by atoms with van der Waals surface area (Å²) < 4.78 is 5.52. The van der Waals surface area contributed by atoms with Gasteiger partial charge in [-0.2, -0.15) is 0 Å². The number of hydrogen-bond acceptors (Lipinski definition) is 2. The Kier molecular flexibility index (Phi) is 7.03. The van der Waals surface area contributed by atoms with E-state index in [1.807, 2.05) is 0 Å². The van der Waals surface area contributed by atoms with Gasteiger partial charge in [-0.1, -0.05) is 33.1 Å². The van der Waals surface area contributed by atoms with Gasteiger partial charge in [-0.3, -0.25) is 0 Å². The Hall–Kier alpha value is -0.0800. The predicted octanol–water partition coefficient (Wildman–Crippen LogP) is 2.83. The van der Waals surface area contributed by atoms with Crippen LogP contribution in [-0.2, 0) is 4.74 Å². The van der Waals surface area contributed by atoms with Crippen LogP contribution in [0.5, 0.6) is 0 Å². The molecule has 0 unspecified atom stereocenters. The molecule has 1 fully saturated rings. The van der Waals surface area contributed by atoms with Gasteiger partial charge in [-0.05, 0) is 31.2 Å². The molecule has 1 rings (SSSR count). The van der Waals surface area contributed by atoms with Gasteiger partial charge in [0, 0.05) is 13.2 Å². The lowest BCUT2D eigenvalue weighted by Gasteiger charge is -2.21. The largest absolute Gasteiger partial charge is 0.380 e. The highest BCUT2D eigenvalue weighted by atomic mass is 16.5. The quantitative estimate of drug-likeness (QED) is 0.657. The molecule has 0 aromatic rings. The van der Waals surface area contributed by atoms with Crippen LogP contribution in [0.25, 0.3) is 0 Å². The lowest BCUT2D eigenvalue weighted by molar-refractivity contribution is 0.111. The van der Waals surface area contributed by atoms with E-state index in [2.05, 4.69) is 19.2 Å². The lowest BCUT2D eigenvalue weighted by atomic mass is 9.89. The molecule has 0 heterocycles. The summed E-state index contributed by atoms with van der Waals surface area (Å²) in [7, 11) is 0. The summed E-state index contributed by atoms with van der Waals surface area (Å²) in [6.07, 6.45) is 7.19. The van der Waals surface area contributed by atoms with Crippen molar-refractivity contribution in [3.8, 4) is 0 Å². The van der Waals surface area contributed by atoms with Gasteiger partial charge in [0.25, 0.3) is 0 Å². The van der Waals surface area contributed by atoms with E-state index in [9.17, 15) is 0 Å². The molecule has 0 radical (unpaired) electrons. The zero-order valence-electron chi connectivity index (χ0n) is 10.4. The second-order valence-corrected chi connectivity index (χ2v) is 5.18. The molecule has 0 amide bonds. The molecule has 1 saturated carbocycles. The van der Waals surface area contributed by atoms with E-state index in [0.29, 0.717) is 5.92 Å². The molecule has 2 heteroatoms. The SMILES string of the molecule is CC(C)COCCNCC1CCCCC1. The maximum Gasteiger partial charge on any atom is 0.0591 e. The van der Waals surface area contributed by atoms with Crippen LogP contribution >= 0.6 is 0 Å². The minimum Gasteiger partial charge on any atom is -0.380 e. The molecular formula is C13H27NO. The zero-order chi connectivity index (χ0) is 10.9. The van der Waals surface area contributed by atoms with E-state index >= 15 is 0 Å². The highest BCUT2D eigenvalue weighted by Crippen LogP contribution is 2.22. The molecule has 0 saturated heterocycles. The third-order valence-electron chi connectivity index (χ3n) is 3.03. The van der Waals surface area contributed by atoms with E-state index < -0.39 is 0 Å². The maximum absolute atomic E-state index is 5.52. The van der Waals surface area contributed by atoms with Crippen molar-refractivity contribution >= 4 is 0 Å². The predicted molar refractivity (Wildman–Crippen MR) is 65.1 cm³/mol. The van der Waals surface area contributed by atoms with Crippen LogP contribution in [0.2, 0.25) is 0 Å². The van der Waals surface area contributed by atoms with Crippen molar-refractivity contribution < 1.29 is 4.74 Å². The molecule has 2 nitrogen and oxygen atoms in total. The van der Waals surface area contributed by atoms with Gasteiger partial charge in [0.05, 0.1) is 6.61 Å². The fraction of sp³-hybridized carbons (Fsp3) is 1.00. The number of nitrogens with one attached hydrogen (secondary N) is 1. The molecule has 0 aromatic heterocycles. The molecule has 0 aliphatic heterocycles. The van der Waals surface area contributed by atoms with Crippen molar-refractivity contribution in [3.05, 3.63) is 0 Å². The Morgan fingerprint density at radius 3 is 2.60 bits per heavy atom. The van der Waals surface area contributed by atoms with E-state index in [0.717, 1.165) is 25.7 Å². The Bertz CT molecular complexity index is 141. The van der Waals surface area contributed by atoms with Gasteiger partial charge >= 0.3 is 0 Å². The number of hydrogen-bond donors (Lipinski definition) is 1. The van der Waals surface area contributed by atoms with Crippen LogP contribution in [0.1, 0.15) is 46.0 Å². The van der Waals surface area contributed by atoms with Crippen LogP contribution < -0.4 is 5.32 Å². The Labute approximate surface area is 94.8 Å². The molecule has 0 bridgehead atoms. The monoisotopic (exact) mass is 213 g/mol. The summed E-state index contributed by atoms with van der Waals surface area (Å²) in [5, 5.41) is 3.50. The molecular weight excluding hydrogens is 186 g/mol. The van der Waals surface area contributed by atoms with Crippen LogP contribution in [0.3, 0.4) is 0 Å². The van der Waals surface area contributed by atoms with E-state index in [1.165, 1.54) is 38.6 Å². The van der Waals surface area contributed by atoms with Crippen LogP contribution in [0.4, 0.5) is 0 Å². The third kappa shape index (κ3) is 6.91. The highest BCUT2D eigenvalue weighted by Gasteiger charge is 2.12. The van der Waals surface area contributed by atoms with E-state index in [-0.39, 0.29) is 0 Å². The van der Waals surface area contributed by atoms with Crippen molar-refractivity contribution in [2.75, 3.05) is 26.3 Å². The lowest BCUT2D eigenvalue weighted by Crippen LogP contribution is -2.27. The summed E-state index contributed by atoms with van der Waals surface area (Å²) in [5.41, 5.74) is 0. The maximum atomic E-state index is 5.52. The first-order valence-corrected chi connectivity index (χ1v) is 6.57. The van der Waals surface area contributed by atoms with Crippen LogP contribution in [-0.4, -0.2) is 26.3 Å². The fourth-order valence-corrected chi connectivity index (χ4v) is 2.16. The van der Waals surface area contributed by atoms with Gasteiger partial charge < -0.3 is 10.1 Å². The molecule has 1 N–H and O–H groups in total. The van der Waals surface area contributed by atoms with E-state index in [1.54, 1.807) is 0 Å². The van der Waals surface area contributed by atoms with Gasteiger partial charge in [-0.25, -0.2) is 0 Å². The minimum atomic E-state index is 0.656. The topological polar surface area (TPSA) is 21.3 Å². The summed E-state index contributed by atoms with van der Waals surface area (Å²) in [6, 6.07) is 0. The molecule has 15 heavy (non-hydrogen) atoms. The smallest absolute Gasteiger partial charge is 0.0591 e. The number of ether oxygens (including phenoxy) is 1. The van der Waals surface area contributed by atoms with Crippen LogP contribution in [0, 0.1) is 11.8 Å². The average Bonchev–Trinajstić information content (AvgIpc) is 2.24. The summed E-state index contributed by atoms with van der Waals surface area (Å²) in [5.74, 6) is 1.59. The van der Waals surface area contributed by atoms with Gasteiger partial charge in [0.15, 0.2) is 0 Å². The Morgan fingerprint density at radius 2 is 1.93 bits per heavy atom. The second kappa shape index (κ2) is 8.12. The van der Waals surface area contributed by atoms with Crippen molar-refractivity contribution in [2.45, 2.75) is 46.0 Å². The van der Waals surface area contributed by atoms with Crippen molar-refractivity contribution in [2.24, 2.45) is 11.8 Å². The average molecular weight is 213 g/mol. The van der Waals surface area contributed by atoms with Gasteiger partial charge in [-0.15, -0.1) is 0 Å². The van der Waals surface area contributed by atoms with Crippen molar-refractivity contribution in [1.29, 1.82) is 0 Å².